The third kappa shape index (κ3) is 12.8. The number of aryl methyl sites for hydroxylation is 1. The van der Waals surface area contributed by atoms with Crippen molar-refractivity contribution in [3.63, 3.8) is 0 Å². The fraction of sp³-hybridized carbons (Fsp3) is 0.133. The van der Waals surface area contributed by atoms with Crippen LogP contribution in [-0.2, 0) is 43.8 Å². The maximum Gasteiger partial charge on any atom is 0.343 e. The van der Waals surface area contributed by atoms with Gasteiger partial charge in [-0.3, -0.25) is 77.1 Å². The number of rotatable bonds is 17. The standard InChI is InChI=1S/C49H30N4O16.C26H22N2O4/c1-25-20-32(68-46(62)26-2-8-30(9-3-26)66-48(64)28-6-13-33-35(21-28)44(60)52(42(33)58)23-50-38(54)16-17-39(50)55)12-15-37(25)69-47(63)27-4-10-31(11-5-27)67-49(65)29-7-14-34-36(22-29)45(61)53(43(34)59)24-51-40(56)18-19-41(51)57;29-22-12-13-23(30)27(22)20-8-4-18(5-9-20)26(16-2-1-3-17-26)19-6-10-21(11-7-19)28-24(31)14-15-25(28)32/h2-22,48,64H,23-24H2,1H3;4-15H,1-3,16-17H2. The van der Waals surface area contributed by atoms with Crippen molar-refractivity contribution in [1.82, 2.24) is 19.6 Å². The summed E-state index contributed by atoms with van der Waals surface area (Å²) in [6, 6.07) is 38.3. The van der Waals surface area contributed by atoms with Crippen LogP contribution >= 0.6 is 0 Å². The number of aliphatic hydroxyl groups excluding tert-OH is 1. The van der Waals surface area contributed by atoms with Crippen molar-refractivity contribution in [2.75, 3.05) is 23.1 Å². The highest BCUT2D eigenvalue weighted by atomic mass is 16.6. The van der Waals surface area contributed by atoms with Gasteiger partial charge in [0.05, 0.1) is 50.3 Å². The van der Waals surface area contributed by atoms with Crippen molar-refractivity contribution in [3.8, 4) is 23.0 Å². The number of aliphatic hydroxyl groups is 1. The van der Waals surface area contributed by atoms with Gasteiger partial charge in [-0.15, -0.1) is 0 Å². The molecule has 26 nitrogen and oxygen atoms in total. The number of fused-ring (bicyclic) bond motifs is 2. The summed E-state index contributed by atoms with van der Waals surface area (Å²) in [6.45, 7) is 0.463. The summed E-state index contributed by atoms with van der Waals surface area (Å²) in [5.41, 5.74) is 3.72. The van der Waals surface area contributed by atoms with E-state index < -0.39 is 84.8 Å². The molecule has 6 heterocycles. The molecule has 0 spiro atoms. The molecule has 14 rings (SSSR count). The van der Waals surface area contributed by atoms with Gasteiger partial charge in [0.15, 0.2) is 0 Å². The molecule has 1 aliphatic carbocycles. The molecule has 0 aromatic heterocycles. The molecule has 26 heteroatoms. The minimum atomic E-state index is -1.60. The van der Waals surface area contributed by atoms with Crippen molar-refractivity contribution in [2.24, 2.45) is 0 Å². The molecule has 1 unspecified atom stereocenters. The van der Waals surface area contributed by atoms with Gasteiger partial charge in [-0.25, -0.2) is 24.2 Å². The van der Waals surface area contributed by atoms with Gasteiger partial charge < -0.3 is 24.1 Å². The Morgan fingerprint density at radius 3 is 1.25 bits per heavy atom. The predicted octanol–water partition coefficient (Wildman–Crippen LogP) is 7.48. The Morgan fingerprint density at radius 1 is 0.386 bits per heavy atom. The zero-order valence-electron chi connectivity index (χ0n) is 53.0. The van der Waals surface area contributed by atoms with Crippen molar-refractivity contribution in [2.45, 2.75) is 50.7 Å². The van der Waals surface area contributed by atoms with Crippen molar-refractivity contribution in [3.05, 3.63) is 261 Å². The fourth-order valence-electron chi connectivity index (χ4n) is 12.4. The second-order valence-corrected chi connectivity index (χ2v) is 23.8. The van der Waals surface area contributed by atoms with Gasteiger partial charge in [0.1, 0.15) is 36.3 Å². The molecule has 7 aliphatic rings. The van der Waals surface area contributed by atoms with E-state index in [-0.39, 0.29) is 96.5 Å². The maximum atomic E-state index is 13.1. The summed E-state index contributed by atoms with van der Waals surface area (Å²) in [5, 5.41) is 10.8. The van der Waals surface area contributed by atoms with Crippen molar-refractivity contribution in [1.29, 1.82) is 0 Å². The molecule has 7 aromatic rings. The minimum Gasteiger partial charge on any atom is -0.461 e. The van der Waals surface area contributed by atoms with Gasteiger partial charge in [0.25, 0.3) is 70.9 Å². The molecule has 7 aromatic carbocycles. The largest absolute Gasteiger partial charge is 0.461 e. The number of imide groups is 6. The van der Waals surface area contributed by atoms with Crippen LogP contribution in [0, 0.1) is 6.92 Å². The van der Waals surface area contributed by atoms with Gasteiger partial charge in [0.2, 0.25) is 6.29 Å². The van der Waals surface area contributed by atoms with Crippen LogP contribution in [0.3, 0.4) is 0 Å². The normalized spacial score (nSPS) is 16.8. The average molecular weight is 1360 g/mol. The molecular formula is C75H52N6O20. The second kappa shape index (κ2) is 26.8. The monoisotopic (exact) mass is 1360 g/mol. The topological polar surface area (TPSA) is 333 Å². The first-order valence-electron chi connectivity index (χ1n) is 31.3. The fourth-order valence-corrected chi connectivity index (χ4v) is 12.4. The number of nitrogens with zero attached hydrogens (tertiary/aromatic N) is 6. The lowest BCUT2D eigenvalue weighted by atomic mass is 9.65. The smallest absolute Gasteiger partial charge is 0.343 e. The zero-order chi connectivity index (χ0) is 71.1. The van der Waals surface area contributed by atoms with Crippen LogP contribution < -0.4 is 28.7 Å². The molecule has 0 bridgehead atoms. The number of carbonyl (C=O) groups is 15. The van der Waals surface area contributed by atoms with E-state index in [0.717, 1.165) is 80.7 Å². The summed E-state index contributed by atoms with van der Waals surface area (Å²) in [7, 11) is 0. The summed E-state index contributed by atoms with van der Waals surface area (Å²) in [4.78, 5) is 192. The Morgan fingerprint density at radius 2 is 0.772 bits per heavy atom. The molecule has 6 aliphatic heterocycles. The van der Waals surface area contributed by atoms with E-state index in [9.17, 15) is 77.0 Å². The van der Waals surface area contributed by atoms with E-state index in [1.54, 1.807) is 6.92 Å². The molecule has 12 amide bonds. The third-order valence-electron chi connectivity index (χ3n) is 17.7. The molecule has 0 saturated heterocycles. The highest BCUT2D eigenvalue weighted by molar-refractivity contribution is 6.29. The first-order chi connectivity index (χ1) is 48.5. The first kappa shape index (κ1) is 66.1. The van der Waals surface area contributed by atoms with Crippen LogP contribution in [-0.4, -0.2) is 127 Å². The molecule has 1 fully saturated rings. The minimum absolute atomic E-state index is 0.0186. The van der Waals surface area contributed by atoms with E-state index in [1.165, 1.54) is 144 Å². The van der Waals surface area contributed by atoms with Gasteiger partial charge in [-0.1, -0.05) is 49.6 Å². The summed E-state index contributed by atoms with van der Waals surface area (Å²) >= 11 is 0. The van der Waals surface area contributed by atoms with Crippen LogP contribution in [0.25, 0.3) is 0 Å². The third-order valence-corrected chi connectivity index (χ3v) is 17.7. The first-order valence-corrected chi connectivity index (χ1v) is 31.3. The highest BCUT2D eigenvalue weighted by Gasteiger charge is 2.42. The number of anilines is 2. The number of hydrogen-bond donors (Lipinski definition) is 1. The Kier molecular flexibility index (Phi) is 17.6. The van der Waals surface area contributed by atoms with E-state index >= 15 is 0 Å². The van der Waals surface area contributed by atoms with Gasteiger partial charge in [0, 0.05) is 59.6 Å². The van der Waals surface area contributed by atoms with Gasteiger partial charge >= 0.3 is 17.9 Å². The second-order valence-electron chi connectivity index (χ2n) is 23.8. The molecule has 1 saturated carbocycles. The van der Waals surface area contributed by atoms with E-state index in [0.29, 0.717) is 16.9 Å². The number of benzene rings is 7. The number of carbonyl (C=O) groups excluding carboxylic acids is 15. The number of amides is 12. The number of hydrogen-bond acceptors (Lipinski definition) is 20. The van der Waals surface area contributed by atoms with Crippen LogP contribution in [0.4, 0.5) is 11.4 Å². The quantitative estimate of drug-likeness (QED) is 0.0399. The van der Waals surface area contributed by atoms with Crippen LogP contribution in [0.2, 0.25) is 0 Å². The highest BCUT2D eigenvalue weighted by Crippen LogP contribution is 2.46. The number of ether oxygens (including phenoxy) is 4. The molecule has 101 heavy (non-hydrogen) atoms. The summed E-state index contributed by atoms with van der Waals surface area (Å²) in [6.07, 6.45) is 13.0. The Bertz CT molecular complexity index is 4790. The lowest BCUT2D eigenvalue weighted by molar-refractivity contribution is -0.139. The van der Waals surface area contributed by atoms with Crippen molar-refractivity contribution < 1.29 is 96.0 Å². The average Bonchev–Trinajstić information content (AvgIpc) is 1.73. The molecule has 1 N–H and O–H groups in total. The Hall–Kier alpha value is -13.5. The Labute approximate surface area is 571 Å². The molecular weight excluding hydrogens is 1300 g/mol. The predicted molar refractivity (Wildman–Crippen MR) is 350 cm³/mol. The van der Waals surface area contributed by atoms with Gasteiger partial charge in [-0.2, -0.15) is 0 Å². The van der Waals surface area contributed by atoms with E-state index in [1.807, 2.05) is 48.5 Å². The molecule has 0 radical (unpaired) electrons. The van der Waals surface area contributed by atoms with Crippen LogP contribution in [0.15, 0.2) is 200 Å². The van der Waals surface area contributed by atoms with E-state index in [4.69, 9.17) is 18.9 Å². The SMILES string of the molecule is Cc1cc(OC(=O)c2ccc(OC(O)c3ccc4c(c3)C(=O)N(CN3C(=O)C=CC3=O)C4=O)cc2)ccc1OC(=O)c1ccc(OC(=O)c2ccc3c(c2)C(=O)N(CN2C(=O)C=CC2=O)C3=O)cc1.O=C1C=CC(=O)N1c1ccc(C2(c3ccc(N4C(=O)C=CC4=O)cc3)CCCCC2)cc1. The summed E-state index contributed by atoms with van der Waals surface area (Å²) < 4.78 is 22.1. The molecule has 1 atom stereocenters. The van der Waals surface area contributed by atoms with Gasteiger partial charge in [-0.05, 0) is 158 Å². The lowest BCUT2D eigenvalue weighted by Gasteiger charge is -2.39. The lowest BCUT2D eigenvalue weighted by Crippen LogP contribution is -2.43. The van der Waals surface area contributed by atoms with Crippen LogP contribution in [0.5, 0.6) is 23.0 Å². The van der Waals surface area contributed by atoms with Crippen molar-refractivity contribution >= 4 is 100 Å². The number of esters is 3. The zero-order valence-corrected chi connectivity index (χ0v) is 53.0. The summed E-state index contributed by atoms with van der Waals surface area (Å²) in [5.74, 6) is -8.96. The molecule has 502 valence electrons. The van der Waals surface area contributed by atoms with Crippen LogP contribution in [0.1, 0.15) is 133 Å². The van der Waals surface area contributed by atoms with E-state index in [2.05, 4.69) is 0 Å². The maximum absolute atomic E-state index is 13.1. The Balaban J connectivity index is 0.000000236.